The molecule has 1 aliphatic rings. The van der Waals surface area contributed by atoms with Crippen molar-refractivity contribution in [1.29, 1.82) is 0 Å². The Morgan fingerprint density at radius 1 is 1.73 bits per heavy atom. The van der Waals surface area contributed by atoms with Crippen LogP contribution in [0, 0.1) is 0 Å². The number of rotatable bonds is 3. The number of piperazine rings is 1. The van der Waals surface area contributed by atoms with Gasteiger partial charge in [0.2, 0.25) is 5.91 Å². The van der Waals surface area contributed by atoms with Crippen molar-refractivity contribution in [3.05, 3.63) is 0 Å². The summed E-state index contributed by atoms with van der Waals surface area (Å²) in [6.07, 6.45) is 1.25. The third-order valence-corrected chi connectivity index (χ3v) is 1.78. The molecule has 1 unspecified atom stereocenters. The van der Waals surface area contributed by atoms with E-state index in [2.05, 4.69) is 10.6 Å². The van der Waals surface area contributed by atoms with E-state index in [1.807, 2.05) is 0 Å². The first kappa shape index (κ1) is 8.49. The summed E-state index contributed by atoms with van der Waals surface area (Å²) < 4.78 is 0. The van der Waals surface area contributed by atoms with Crippen molar-refractivity contribution >= 4 is 5.91 Å². The second kappa shape index (κ2) is 4.31. The summed E-state index contributed by atoms with van der Waals surface area (Å²) >= 11 is 0. The van der Waals surface area contributed by atoms with E-state index >= 15 is 0 Å². The molecular weight excluding hydrogens is 142 g/mol. The summed E-state index contributed by atoms with van der Waals surface area (Å²) in [6.45, 7) is 2.73. The van der Waals surface area contributed by atoms with E-state index in [4.69, 9.17) is 5.73 Å². The third-order valence-electron chi connectivity index (χ3n) is 1.78. The van der Waals surface area contributed by atoms with Crippen molar-refractivity contribution in [1.82, 2.24) is 10.6 Å². The lowest BCUT2D eigenvalue weighted by molar-refractivity contribution is -0.118. The molecule has 0 aromatic carbocycles. The number of amides is 1. The van der Waals surface area contributed by atoms with Crippen molar-refractivity contribution < 1.29 is 4.79 Å². The fraction of sp³-hybridized carbons (Fsp3) is 0.857. The number of primary amides is 1. The molecule has 1 fully saturated rings. The maximum Gasteiger partial charge on any atom is 0.217 e. The van der Waals surface area contributed by atoms with E-state index in [1.165, 1.54) is 0 Å². The summed E-state index contributed by atoms with van der Waals surface area (Å²) in [7, 11) is 0. The molecule has 1 radical (unpaired) electrons. The van der Waals surface area contributed by atoms with Gasteiger partial charge in [-0.15, -0.1) is 0 Å². The predicted octanol–water partition coefficient (Wildman–Crippen LogP) is -1.17. The van der Waals surface area contributed by atoms with Gasteiger partial charge in [0.15, 0.2) is 0 Å². The Kier molecular flexibility index (Phi) is 3.32. The van der Waals surface area contributed by atoms with E-state index < -0.39 is 0 Å². The molecule has 1 saturated heterocycles. The van der Waals surface area contributed by atoms with Gasteiger partial charge in [0, 0.05) is 32.1 Å². The Labute approximate surface area is 66.5 Å². The second-order valence-corrected chi connectivity index (χ2v) is 2.77. The average molecular weight is 156 g/mol. The molecule has 63 valence electrons. The smallest absolute Gasteiger partial charge is 0.217 e. The van der Waals surface area contributed by atoms with E-state index in [9.17, 15) is 4.79 Å². The number of hydrogen-bond donors (Lipinski definition) is 2. The predicted molar refractivity (Wildman–Crippen MR) is 42.1 cm³/mol. The normalized spacial score (nSPS) is 24.9. The molecule has 1 heterocycles. The van der Waals surface area contributed by atoms with Crippen molar-refractivity contribution in [2.75, 3.05) is 19.6 Å². The molecule has 11 heavy (non-hydrogen) atoms. The van der Waals surface area contributed by atoms with Crippen LogP contribution in [0.15, 0.2) is 0 Å². The first-order valence-corrected chi connectivity index (χ1v) is 3.94. The molecule has 0 aliphatic carbocycles. The topological polar surface area (TPSA) is 69.2 Å². The summed E-state index contributed by atoms with van der Waals surface area (Å²) in [4.78, 5) is 10.4. The summed E-state index contributed by atoms with van der Waals surface area (Å²) in [5.41, 5.74) is 5.01. The number of carbonyl (C=O) groups excluding carboxylic acids is 1. The van der Waals surface area contributed by atoms with Gasteiger partial charge >= 0.3 is 0 Å². The van der Waals surface area contributed by atoms with Crippen LogP contribution in [-0.4, -0.2) is 31.6 Å². The number of hydrogen-bond acceptors (Lipinski definition) is 2. The van der Waals surface area contributed by atoms with Crippen molar-refractivity contribution in [3.8, 4) is 0 Å². The van der Waals surface area contributed by atoms with E-state index in [-0.39, 0.29) is 5.91 Å². The van der Waals surface area contributed by atoms with Gasteiger partial charge in [0.25, 0.3) is 0 Å². The number of nitrogens with one attached hydrogen (secondary N) is 1. The highest BCUT2D eigenvalue weighted by atomic mass is 16.1. The summed E-state index contributed by atoms with van der Waals surface area (Å²) in [5, 5.41) is 7.54. The van der Waals surface area contributed by atoms with Crippen LogP contribution in [0.4, 0.5) is 0 Å². The highest BCUT2D eigenvalue weighted by Gasteiger charge is 2.13. The SMILES string of the molecule is NC(=O)CCC1CNCC[N]1. The van der Waals surface area contributed by atoms with Gasteiger partial charge in [-0.25, -0.2) is 5.32 Å². The maximum atomic E-state index is 10.4. The van der Waals surface area contributed by atoms with Gasteiger partial charge in [-0.3, -0.25) is 4.79 Å². The van der Waals surface area contributed by atoms with Crippen LogP contribution in [-0.2, 0) is 4.79 Å². The van der Waals surface area contributed by atoms with Gasteiger partial charge < -0.3 is 11.1 Å². The van der Waals surface area contributed by atoms with Gasteiger partial charge in [0.1, 0.15) is 0 Å². The van der Waals surface area contributed by atoms with Crippen LogP contribution in [0.2, 0.25) is 0 Å². The molecule has 1 atom stereocenters. The lowest BCUT2D eigenvalue weighted by Crippen LogP contribution is -2.44. The lowest BCUT2D eigenvalue weighted by Gasteiger charge is -2.21. The van der Waals surface area contributed by atoms with Gasteiger partial charge in [0.05, 0.1) is 0 Å². The highest BCUT2D eigenvalue weighted by molar-refractivity contribution is 5.73. The molecule has 0 spiro atoms. The average Bonchev–Trinajstić information content (AvgIpc) is 2.03. The van der Waals surface area contributed by atoms with Crippen LogP contribution >= 0.6 is 0 Å². The summed E-state index contributed by atoms with van der Waals surface area (Å²) in [6, 6.07) is 0.302. The molecule has 4 heteroatoms. The zero-order valence-corrected chi connectivity index (χ0v) is 6.55. The molecule has 3 N–H and O–H groups in total. The monoisotopic (exact) mass is 156 g/mol. The molecule has 0 bridgehead atoms. The standard InChI is InChI=1S/C7H14N3O/c8-7(11)2-1-6-5-9-3-4-10-6/h6,9H,1-5H2,(H2,8,11). The second-order valence-electron chi connectivity index (χ2n) is 2.77. The zero-order valence-electron chi connectivity index (χ0n) is 6.55. The minimum Gasteiger partial charge on any atom is -0.370 e. The molecule has 1 aliphatic heterocycles. The molecule has 0 aromatic rings. The molecule has 0 aromatic heterocycles. The van der Waals surface area contributed by atoms with Crippen LogP contribution in [0.1, 0.15) is 12.8 Å². The van der Waals surface area contributed by atoms with Crippen LogP contribution in [0.25, 0.3) is 0 Å². The first-order valence-electron chi connectivity index (χ1n) is 3.94. The molecule has 1 rings (SSSR count). The molecule has 1 amide bonds. The van der Waals surface area contributed by atoms with Gasteiger partial charge in [-0.05, 0) is 6.42 Å². The van der Waals surface area contributed by atoms with E-state index in [0.29, 0.717) is 12.5 Å². The largest absolute Gasteiger partial charge is 0.370 e. The fourth-order valence-electron chi connectivity index (χ4n) is 1.16. The Morgan fingerprint density at radius 2 is 2.55 bits per heavy atom. The number of nitrogens with zero attached hydrogens (tertiary/aromatic N) is 1. The first-order chi connectivity index (χ1) is 5.29. The van der Waals surface area contributed by atoms with Crippen LogP contribution in [0.5, 0.6) is 0 Å². The van der Waals surface area contributed by atoms with Crippen LogP contribution in [0.3, 0.4) is 0 Å². The van der Waals surface area contributed by atoms with E-state index in [0.717, 1.165) is 26.1 Å². The van der Waals surface area contributed by atoms with Gasteiger partial charge in [-0.2, -0.15) is 0 Å². The quantitative estimate of drug-likeness (QED) is 0.540. The molecular formula is C7H14N3O. The van der Waals surface area contributed by atoms with Crippen LogP contribution < -0.4 is 16.4 Å². The Bertz CT molecular complexity index is 132. The summed E-state index contributed by atoms with van der Waals surface area (Å²) in [5.74, 6) is -0.231. The molecule has 0 saturated carbocycles. The number of carbonyl (C=O) groups is 1. The van der Waals surface area contributed by atoms with E-state index in [1.54, 1.807) is 0 Å². The maximum absolute atomic E-state index is 10.4. The minimum absolute atomic E-state index is 0.231. The third kappa shape index (κ3) is 3.34. The molecule has 4 nitrogen and oxygen atoms in total. The van der Waals surface area contributed by atoms with Crippen molar-refractivity contribution in [2.24, 2.45) is 5.73 Å². The Balaban J connectivity index is 2.09. The lowest BCUT2D eigenvalue weighted by atomic mass is 10.1. The highest BCUT2D eigenvalue weighted by Crippen LogP contribution is 1.98. The number of nitrogens with two attached hydrogens (primary N) is 1. The van der Waals surface area contributed by atoms with Crippen molar-refractivity contribution in [3.63, 3.8) is 0 Å². The Hall–Kier alpha value is -0.610. The van der Waals surface area contributed by atoms with Crippen molar-refractivity contribution in [2.45, 2.75) is 18.9 Å². The zero-order chi connectivity index (χ0) is 8.10. The Morgan fingerprint density at radius 3 is 3.09 bits per heavy atom. The minimum atomic E-state index is -0.231. The van der Waals surface area contributed by atoms with Gasteiger partial charge in [-0.1, -0.05) is 0 Å². The fourth-order valence-corrected chi connectivity index (χ4v) is 1.16.